The zero-order chi connectivity index (χ0) is 17.7. The van der Waals surface area contributed by atoms with Crippen LogP contribution in [-0.4, -0.2) is 35.8 Å². The zero-order valence-corrected chi connectivity index (χ0v) is 14.5. The molecule has 1 saturated heterocycles. The molecule has 0 spiro atoms. The van der Waals surface area contributed by atoms with Crippen LogP contribution in [0.5, 0.6) is 0 Å². The van der Waals surface area contributed by atoms with E-state index in [1.165, 1.54) is 5.56 Å². The molecule has 2 N–H and O–H groups in total. The molecule has 1 atom stereocenters. The maximum absolute atomic E-state index is 12.3. The SMILES string of the molecule is CCCc1ccc(C(NC(=O)CN2C(=O)CNC2=O)C(C)C)cc1. The van der Waals surface area contributed by atoms with Crippen molar-refractivity contribution < 1.29 is 14.4 Å². The minimum absolute atomic E-state index is 0.0430. The molecule has 0 aliphatic carbocycles. The van der Waals surface area contributed by atoms with Gasteiger partial charge in [-0.25, -0.2) is 4.79 Å². The number of urea groups is 1. The third-order valence-corrected chi connectivity index (χ3v) is 4.10. The quantitative estimate of drug-likeness (QED) is 0.750. The third kappa shape index (κ3) is 4.34. The van der Waals surface area contributed by atoms with Crippen LogP contribution in [0.1, 0.15) is 44.4 Å². The number of hydrogen-bond donors (Lipinski definition) is 2. The van der Waals surface area contributed by atoms with Gasteiger partial charge in [-0.1, -0.05) is 51.5 Å². The van der Waals surface area contributed by atoms with Gasteiger partial charge in [-0.3, -0.25) is 14.5 Å². The number of carbonyl (C=O) groups is 3. The van der Waals surface area contributed by atoms with Gasteiger partial charge in [0.25, 0.3) is 5.91 Å². The van der Waals surface area contributed by atoms with Gasteiger partial charge >= 0.3 is 6.03 Å². The van der Waals surface area contributed by atoms with Gasteiger partial charge in [0.2, 0.25) is 5.91 Å². The molecule has 1 aliphatic heterocycles. The van der Waals surface area contributed by atoms with Gasteiger partial charge in [-0.15, -0.1) is 0 Å². The van der Waals surface area contributed by atoms with Crippen LogP contribution in [0.4, 0.5) is 4.79 Å². The minimum atomic E-state index is -0.514. The average molecular weight is 331 g/mol. The minimum Gasteiger partial charge on any atom is -0.347 e. The largest absolute Gasteiger partial charge is 0.347 e. The van der Waals surface area contributed by atoms with Crippen LogP contribution in [0, 0.1) is 5.92 Å². The van der Waals surface area contributed by atoms with Crippen LogP contribution in [0.3, 0.4) is 0 Å². The summed E-state index contributed by atoms with van der Waals surface area (Å²) in [6.45, 7) is 5.90. The van der Waals surface area contributed by atoms with E-state index in [-0.39, 0.29) is 36.9 Å². The summed E-state index contributed by atoms with van der Waals surface area (Å²) in [7, 11) is 0. The van der Waals surface area contributed by atoms with Crippen molar-refractivity contribution in [1.29, 1.82) is 0 Å². The first-order chi connectivity index (χ1) is 11.4. The molecule has 1 aromatic rings. The highest BCUT2D eigenvalue weighted by Gasteiger charge is 2.31. The average Bonchev–Trinajstić information content (AvgIpc) is 2.85. The predicted octanol–water partition coefficient (Wildman–Crippen LogP) is 2.00. The van der Waals surface area contributed by atoms with Gasteiger partial charge in [0, 0.05) is 0 Å². The second-order valence-electron chi connectivity index (χ2n) is 6.42. The van der Waals surface area contributed by atoms with Crippen LogP contribution in [0.15, 0.2) is 24.3 Å². The highest BCUT2D eigenvalue weighted by atomic mass is 16.2. The Labute approximate surface area is 142 Å². The molecule has 0 bridgehead atoms. The first-order valence-corrected chi connectivity index (χ1v) is 8.38. The molecule has 1 fully saturated rings. The van der Waals surface area contributed by atoms with Gasteiger partial charge in [0.05, 0.1) is 12.6 Å². The zero-order valence-electron chi connectivity index (χ0n) is 14.5. The molecule has 0 radical (unpaired) electrons. The van der Waals surface area contributed by atoms with Crippen molar-refractivity contribution >= 4 is 17.8 Å². The third-order valence-electron chi connectivity index (χ3n) is 4.10. The first kappa shape index (κ1) is 18.0. The number of benzene rings is 1. The Kier molecular flexibility index (Phi) is 5.95. The van der Waals surface area contributed by atoms with E-state index in [0.29, 0.717) is 0 Å². The molecule has 1 heterocycles. The summed E-state index contributed by atoms with van der Waals surface area (Å²) >= 11 is 0. The number of hydrogen-bond acceptors (Lipinski definition) is 3. The smallest absolute Gasteiger partial charge is 0.325 e. The Morgan fingerprint density at radius 1 is 1.25 bits per heavy atom. The molecule has 0 saturated carbocycles. The van der Waals surface area contributed by atoms with Crippen molar-refractivity contribution in [2.24, 2.45) is 5.92 Å². The number of aryl methyl sites for hydroxylation is 1. The van der Waals surface area contributed by atoms with E-state index >= 15 is 0 Å². The van der Waals surface area contributed by atoms with Crippen LogP contribution in [0.25, 0.3) is 0 Å². The number of nitrogens with zero attached hydrogens (tertiary/aromatic N) is 1. The van der Waals surface area contributed by atoms with Crippen molar-refractivity contribution in [3.63, 3.8) is 0 Å². The number of amides is 4. The van der Waals surface area contributed by atoms with Gasteiger partial charge in [0.1, 0.15) is 6.54 Å². The van der Waals surface area contributed by atoms with Crippen molar-refractivity contribution in [3.8, 4) is 0 Å². The monoisotopic (exact) mass is 331 g/mol. The summed E-state index contributed by atoms with van der Waals surface area (Å²) in [4.78, 5) is 36.3. The van der Waals surface area contributed by atoms with Crippen molar-refractivity contribution in [2.45, 2.75) is 39.7 Å². The predicted molar refractivity (Wildman–Crippen MR) is 91.3 cm³/mol. The normalized spacial score (nSPS) is 15.6. The summed E-state index contributed by atoms with van der Waals surface area (Å²) in [6, 6.07) is 7.55. The Bertz CT molecular complexity index is 594. The fourth-order valence-corrected chi connectivity index (χ4v) is 2.79. The number of carbonyl (C=O) groups excluding carboxylic acids is 3. The lowest BCUT2D eigenvalue weighted by Gasteiger charge is -2.24. The van der Waals surface area contributed by atoms with Crippen LogP contribution in [0.2, 0.25) is 0 Å². The van der Waals surface area contributed by atoms with E-state index < -0.39 is 6.03 Å². The molecular weight excluding hydrogens is 306 g/mol. The van der Waals surface area contributed by atoms with Crippen LogP contribution >= 0.6 is 0 Å². The van der Waals surface area contributed by atoms with Gasteiger partial charge in [-0.05, 0) is 23.5 Å². The Morgan fingerprint density at radius 3 is 2.42 bits per heavy atom. The van der Waals surface area contributed by atoms with Crippen LogP contribution in [-0.2, 0) is 16.0 Å². The molecule has 6 heteroatoms. The van der Waals surface area contributed by atoms with E-state index in [2.05, 4.69) is 29.7 Å². The van der Waals surface area contributed by atoms with Gasteiger partial charge in [0.15, 0.2) is 0 Å². The molecule has 1 aliphatic rings. The highest BCUT2D eigenvalue weighted by Crippen LogP contribution is 2.22. The summed E-state index contributed by atoms with van der Waals surface area (Å²) in [6.07, 6.45) is 2.13. The Hall–Kier alpha value is -2.37. The Morgan fingerprint density at radius 2 is 1.92 bits per heavy atom. The topological polar surface area (TPSA) is 78.5 Å². The van der Waals surface area contributed by atoms with E-state index in [1.54, 1.807) is 0 Å². The highest BCUT2D eigenvalue weighted by molar-refractivity contribution is 6.04. The lowest BCUT2D eigenvalue weighted by atomic mass is 9.94. The summed E-state index contributed by atoms with van der Waals surface area (Å²) in [5, 5.41) is 5.35. The molecule has 2 rings (SSSR count). The van der Waals surface area contributed by atoms with Crippen molar-refractivity contribution in [2.75, 3.05) is 13.1 Å². The number of rotatable bonds is 7. The van der Waals surface area contributed by atoms with E-state index in [4.69, 9.17) is 0 Å². The van der Waals surface area contributed by atoms with Crippen molar-refractivity contribution in [3.05, 3.63) is 35.4 Å². The lowest BCUT2D eigenvalue weighted by molar-refractivity contribution is -0.131. The second kappa shape index (κ2) is 7.95. The number of imide groups is 1. The molecule has 1 unspecified atom stereocenters. The summed E-state index contributed by atoms with van der Waals surface area (Å²) in [5.74, 6) is -0.522. The maximum Gasteiger partial charge on any atom is 0.325 e. The van der Waals surface area contributed by atoms with Gasteiger partial charge < -0.3 is 10.6 Å². The standard InChI is InChI=1S/C18H25N3O3/c1-4-5-13-6-8-14(9-7-13)17(12(2)3)20-15(22)11-21-16(23)10-19-18(21)24/h6-9,12,17H,4-5,10-11H2,1-3H3,(H,19,24)(H,20,22). The summed E-state index contributed by atoms with van der Waals surface area (Å²) in [5.41, 5.74) is 2.30. The number of nitrogens with one attached hydrogen (secondary N) is 2. The first-order valence-electron chi connectivity index (χ1n) is 8.38. The molecule has 4 amide bonds. The molecular formula is C18H25N3O3. The fraction of sp³-hybridized carbons (Fsp3) is 0.500. The lowest BCUT2D eigenvalue weighted by Crippen LogP contribution is -2.42. The van der Waals surface area contributed by atoms with Crippen molar-refractivity contribution in [1.82, 2.24) is 15.5 Å². The second-order valence-corrected chi connectivity index (χ2v) is 6.42. The van der Waals surface area contributed by atoms with Crippen LogP contribution < -0.4 is 10.6 Å². The molecule has 130 valence electrons. The molecule has 0 aromatic heterocycles. The van der Waals surface area contributed by atoms with E-state index in [1.807, 2.05) is 26.0 Å². The summed E-state index contributed by atoms with van der Waals surface area (Å²) < 4.78 is 0. The van der Waals surface area contributed by atoms with Gasteiger partial charge in [-0.2, -0.15) is 0 Å². The maximum atomic E-state index is 12.3. The van der Waals surface area contributed by atoms with E-state index in [0.717, 1.165) is 23.3 Å². The molecule has 6 nitrogen and oxygen atoms in total. The van der Waals surface area contributed by atoms with E-state index in [9.17, 15) is 14.4 Å². The Balaban J connectivity index is 2.03. The molecule has 24 heavy (non-hydrogen) atoms. The fourth-order valence-electron chi connectivity index (χ4n) is 2.79. The molecule has 1 aromatic carbocycles.